The van der Waals surface area contributed by atoms with Crippen LogP contribution in [0.2, 0.25) is 0 Å². The molecule has 1 fully saturated rings. The molecule has 120 valence electrons. The van der Waals surface area contributed by atoms with E-state index < -0.39 is 11.8 Å². The Hall–Kier alpha value is -1.88. The first kappa shape index (κ1) is 16.5. The number of nitrogens with zero attached hydrogens (tertiary/aromatic N) is 1. The standard InChI is InChI=1S/C17H25N3O2/c1-4-15(14-9-11(2)5-6-12(14)3)19-16(21)17(22)20-8-7-13(18)10-20/h5-6,9,13,15H,4,7-8,10,18H2,1-3H3,(H,19,21)/t13-,15?/m0/s1. The minimum atomic E-state index is -0.540. The molecule has 1 heterocycles. The van der Waals surface area contributed by atoms with E-state index in [0.29, 0.717) is 13.1 Å². The van der Waals surface area contributed by atoms with E-state index in [-0.39, 0.29) is 12.1 Å². The van der Waals surface area contributed by atoms with Gasteiger partial charge in [-0.2, -0.15) is 0 Å². The van der Waals surface area contributed by atoms with Gasteiger partial charge in [0, 0.05) is 19.1 Å². The van der Waals surface area contributed by atoms with Crippen molar-refractivity contribution >= 4 is 11.8 Å². The highest BCUT2D eigenvalue weighted by atomic mass is 16.2. The molecule has 1 aromatic rings. The molecule has 5 heteroatoms. The Kier molecular flexibility index (Phi) is 5.19. The number of rotatable bonds is 3. The highest BCUT2D eigenvalue weighted by Gasteiger charge is 2.29. The summed E-state index contributed by atoms with van der Waals surface area (Å²) >= 11 is 0. The van der Waals surface area contributed by atoms with Gasteiger partial charge in [0.1, 0.15) is 0 Å². The molecule has 0 saturated carbocycles. The number of carbonyl (C=O) groups is 2. The summed E-state index contributed by atoms with van der Waals surface area (Å²) in [5.41, 5.74) is 9.13. The van der Waals surface area contributed by atoms with Crippen molar-refractivity contribution in [1.29, 1.82) is 0 Å². The summed E-state index contributed by atoms with van der Waals surface area (Å²) in [4.78, 5) is 26.0. The van der Waals surface area contributed by atoms with Crippen molar-refractivity contribution in [2.45, 2.75) is 45.7 Å². The fraction of sp³-hybridized carbons (Fsp3) is 0.529. The van der Waals surface area contributed by atoms with Crippen LogP contribution in [0.5, 0.6) is 0 Å². The lowest BCUT2D eigenvalue weighted by atomic mass is 9.97. The first-order chi connectivity index (χ1) is 10.4. The average molecular weight is 303 g/mol. The molecule has 0 bridgehead atoms. The van der Waals surface area contributed by atoms with E-state index in [1.54, 1.807) is 0 Å². The predicted molar refractivity (Wildman–Crippen MR) is 86.3 cm³/mol. The van der Waals surface area contributed by atoms with Crippen LogP contribution < -0.4 is 11.1 Å². The second-order valence-electron chi connectivity index (χ2n) is 6.09. The summed E-state index contributed by atoms with van der Waals surface area (Å²) in [5.74, 6) is -1.02. The van der Waals surface area contributed by atoms with E-state index in [1.807, 2.05) is 32.9 Å². The number of nitrogens with two attached hydrogens (primary N) is 1. The Morgan fingerprint density at radius 2 is 2.14 bits per heavy atom. The topological polar surface area (TPSA) is 75.4 Å². The molecule has 1 aromatic carbocycles. The molecule has 0 radical (unpaired) electrons. The molecule has 0 aromatic heterocycles. The van der Waals surface area contributed by atoms with Crippen molar-refractivity contribution in [3.8, 4) is 0 Å². The number of hydrogen-bond acceptors (Lipinski definition) is 3. The van der Waals surface area contributed by atoms with E-state index in [4.69, 9.17) is 5.73 Å². The van der Waals surface area contributed by atoms with Gasteiger partial charge >= 0.3 is 11.8 Å². The van der Waals surface area contributed by atoms with Crippen LogP contribution in [-0.2, 0) is 9.59 Å². The Balaban J connectivity index is 2.08. The summed E-state index contributed by atoms with van der Waals surface area (Å²) in [5, 5.41) is 2.87. The molecule has 2 atom stereocenters. The van der Waals surface area contributed by atoms with Crippen LogP contribution in [0.15, 0.2) is 18.2 Å². The SMILES string of the molecule is CCC(NC(=O)C(=O)N1CC[C@H](N)C1)c1cc(C)ccc1C. The van der Waals surface area contributed by atoms with E-state index in [9.17, 15) is 9.59 Å². The molecule has 1 aliphatic rings. The Labute approximate surface area is 131 Å². The molecule has 0 spiro atoms. The van der Waals surface area contributed by atoms with Gasteiger partial charge in [-0.1, -0.05) is 30.7 Å². The van der Waals surface area contributed by atoms with E-state index in [1.165, 1.54) is 4.90 Å². The third-order valence-corrected chi connectivity index (χ3v) is 4.23. The number of aryl methyl sites for hydroxylation is 2. The molecule has 1 unspecified atom stereocenters. The minimum absolute atomic E-state index is 0.0160. The van der Waals surface area contributed by atoms with Gasteiger partial charge in [0.15, 0.2) is 0 Å². The smallest absolute Gasteiger partial charge is 0.311 e. The van der Waals surface area contributed by atoms with Crippen LogP contribution in [0.1, 0.15) is 42.5 Å². The van der Waals surface area contributed by atoms with Crippen LogP contribution in [0, 0.1) is 13.8 Å². The van der Waals surface area contributed by atoms with Gasteiger partial charge in [0.2, 0.25) is 0 Å². The maximum Gasteiger partial charge on any atom is 0.311 e. The van der Waals surface area contributed by atoms with Gasteiger partial charge in [0.25, 0.3) is 0 Å². The van der Waals surface area contributed by atoms with Crippen molar-refractivity contribution in [2.24, 2.45) is 5.73 Å². The number of benzene rings is 1. The highest BCUT2D eigenvalue weighted by molar-refractivity contribution is 6.35. The zero-order chi connectivity index (χ0) is 16.3. The molecular formula is C17H25N3O2. The van der Waals surface area contributed by atoms with Crippen molar-refractivity contribution in [2.75, 3.05) is 13.1 Å². The minimum Gasteiger partial charge on any atom is -0.341 e. The van der Waals surface area contributed by atoms with Crippen molar-refractivity contribution in [1.82, 2.24) is 10.2 Å². The summed E-state index contributed by atoms with van der Waals surface area (Å²) in [6, 6.07) is 6.00. The van der Waals surface area contributed by atoms with Gasteiger partial charge in [-0.15, -0.1) is 0 Å². The van der Waals surface area contributed by atoms with Crippen molar-refractivity contribution in [3.63, 3.8) is 0 Å². The number of hydrogen-bond donors (Lipinski definition) is 2. The third kappa shape index (κ3) is 3.65. The van der Waals surface area contributed by atoms with Crippen molar-refractivity contribution in [3.05, 3.63) is 34.9 Å². The second-order valence-corrected chi connectivity index (χ2v) is 6.09. The number of nitrogens with one attached hydrogen (secondary N) is 1. The van der Waals surface area contributed by atoms with Crippen LogP contribution >= 0.6 is 0 Å². The summed E-state index contributed by atoms with van der Waals surface area (Å²) < 4.78 is 0. The van der Waals surface area contributed by atoms with Crippen LogP contribution in [-0.4, -0.2) is 35.8 Å². The van der Waals surface area contributed by atoms with Gasteiger partial charge in [-0.05, 0) is 37.8 Å². The van der Waals surface area contributed by atoms with Gasteiger partial charge in [-0.25, -0.2) is 0 Å². The molecule has 22 heavy (non-hydrogen) atoms. The van der Waals surface area contributed by atoms with Gasteiger partial charge in [-0.3, -0.25) is 9.59 Å². The fourth-order valence-corrected chi connectivity index (χ4v) is 2.87. The van der Waals surface area contributed by atoms with Crippen molar-refractivity contribution < 1.29 is 9.59 Å². The van der Waals surface area contributed by atoms with E-state index in [0.717, 1.165) is 29.5 Å². The quantitative estimate of drug-likeness (QED) is 0.830. The first-order valence-electron chi connectivity index (χ1n) is 7.84. The lowest BCUT2D eigenvalue weighted by Gasteiger charge is -2.22. The molecule has 2 rings (SSSR count). The number of likely N-dealkylation sites (tertiary alicyclic amines) is 1. The van der Waals surface area contributed by atoms with Gasteiger partial charge < -0.3 is 16.0 Å². The second kappa shape index (κ2) is 6.92. The normalized spacial score (nSPS) is 19.1. The predicted octanol–water partition coefficient (Wildman–Crippen LogP) is 1.43. The van der Waals surface area contributed by atoms with Crippen LogP contribution in [0.3, 0.4) is 0 Å². The Morgan fingerprint density at radius 3 is 2.73 bits per heavy atom. The summed E-state index contributed by atoms with van der Waals surface area (Å²) in [6.45, 7) is 7.07. The van der Waals surface area contributed by atoms with Crippen LogP contribution in [0.25, 0.3) is 0 Å². The largest absolute Gasteiger partial charge is 0.341 e. The van der Waals surface area contributed by atoms with Crippen LogP contribution in [0.4, 0.5) is 0 Å². The lowest BCUT2D eigenvalue weighted by molar-refractivity contribution is -0.145. The molecule has 3 N–H and O–H groups in total. The summed E-state index contributed by atoms with van der Waals surface area (Å²) in [7, 11) is 0. The lowest BCUT2D eigenvalue weighted by Crippen LogP contribution is -2.44. The Bertz CT molecular complexity index is 571. The van der Waals surface area contributed by atoms with E-state index in [2.05, 4.69) is 11.4 Å². The summed E-state index contributed by atoms with van der Waals surface area (Å²) in [6.07, 6.45) is 1.50. The molecule has 1 saturated heterocycles. The maximum atomic E-state index is 12.2. The molecule has 5 nitrogen and oxygen atoms in total. The average Bonchev–Trinajstić information content (AvgIpc) is 2.93. The molecule has 2 amide bonds. The molecule has 1 aliphatic heterocycles. The third-order valence-electron chi connectivity index (χ3n) is 4.23. The molecule has 0 aliphatic carbocycles. The van der Waals surface area contributed by atoms with E-state index >= 15 is 0 Å². The fourth-order valence-electron chi connectivity index (χ4n) is 2.87. The number of carbonyl (C=O) groups excluding carboxylic acids is 2. The monoisotopic (exact) mass is 303 g/mol. The first-order valence-corrected chi connectivity index (χ1v) is 7.84. The zero-order valence-corrected chi connectivity index (χ0v) is 13.6. The molecular weight excluding hydrogens is 278 g/mol. The maximum absolute atomic E-state index is 12.2. The zero-order valence-electron chi connectivity index (χ0n) is 13.6. The number of amides is 2. The Morgan fingerprint density at radius 1 is 1.41 bits per heavy atom. The highest BCUT2D eigenvalue weighted by Crippen LogP contribution is 2.22. The van der Waals surface area contributed by atoms with Gasteiger partial charge in [0.05, 0.1) is 6.04 Å².